The van der Waals surface area contributed by atoms with Crippen molar-refractivity contribution in [3.05, 3.63) is 12.2 Å². The molecule has 0 amide bonds. The fourth-order valence-corrected chi connectivity index (χ4v) is 6.88. The number of unbranched alkanes of at least 4 members (excludes halogenated alkanes) is 2. The van der Waals surface area contributed by atoms with Gasteiger partial charge < -0.3 is 18.9 Å². The quantitative estimate of drug-likeness (QED) is 0.139. The summed E-state index contributed by atoms with van der Waals surface area (Å²) in [6.45, 7) is 3.66. The second-order valence-corrected chi connectivity index (χ2v) is 10.1. The van der Waals surface area contributed by atoms with Crippen LogP contribution in [0.25, 0.3) is 0 Å². The van der Waals surface area contributed by atoms with Gasteiger partial charge in [-0.1, -0.05) is 38.8 Å². The molecule has 0 N–H and O–H groups in total. The average Bonchev–Trinajstić information content (AvgIpc) is 3.60. The zero-order valence-electron chi connectivity index (χ0n) is 20.1. The van der Waals surface area contributed by atoms with Crippen molar-refractivity contribution in [2.75, 3.05) is 26.4 Å². The maximum absolute atomic E-state index is 13.1. The molecule has 3 fully saturated rings. The van der Waals surface area contributed by atoms with E-state index in [-0.39, 0.29) is 11.8 Å². The molecule has 3 saturated carbocycles. The molecule has 34 heavy (non-hydrogen) atoms. The number of ether oxygens (including phenoxy) is 4. The third-order valence-corrected chi connectivity index (χ3v) is 8.16. The van der Waals surface area contributed by atoms with Gasteiger partial charge in [-0.15, -0.1) is 0 Å². The highest BCUT2D eigenvalue weighted by Crippen LogP contribution is 2.69. The Morgan fingerprint density at radius 3 is 1.53 bits per heavy atom. The first-order valence-electron chi connectivity index (χ1n) is 12.8. The molecule has 8 unspecified atom stereocenters. The largest absolute Gasteiger partial charge is 0.463 e. The van der Waals surface area contributed by atoms with Crippen LogP contribution in [0.3, 0.4) is 0 Å². The molecule has 0 aromatic heterocycles. The second-order valence-electron chi connectivity index (χ2n) is 10.1. The minimum Gasteiger partial charge on any atom is -0.463 e. The summed E-state index contributed by atoms with van der Waals surface area (Å²) >= 11 is 0. The Labute approximate surface area is 200 Å². The molecule has 8 atom stereocenters. The van der Waals surface area contributed by atoms with Gasteiger partial charge in [0, 0.05) is 0 Å². The Morgan fingerprint density at radius 1 is 0.676 bits per heavy atom. The van der Waals surface area contributed by atoms with Crippen LogP contribution in [0.1, 0.15) is 52.4 Å². The molecule has 4 rings (SSSR count). The maximum atomic E-state index is 13.1. The highest BCUT2D eigenvalue weighted by atomic mass is 16.6. The molecule has 4 aliphatic carbocycles. The van der Waals surface area contributed by atoms with Crippen LogP contribution < -0.4 is 0 Å². The minimum absolute atomic E-state index is 0.0209. The Morgan fingerprint density at radius 2 is 1.12 bits per heavy atom. The third-order valence-electron chi connectivity index (χ3n) is 8.16. The molecule has 0 radical (unpaired) electrons. The van der Waals surface area contributed by atoms with E-state index in [4.69, 9.17) is 18.9 Å². The normalized spacial score (nSPS) is 34.1. The van der Waals surface area contributed by atoms with Crippen molar-refractivity contribution in [2.45, 2.75) is 52.4 Å². The highest BCUT2D eigenvalue weighted by molar-refractivity contribution is 5.86. The number of allylic oxidation sites excluding steroid dienone is 2. The number of hydrogen-bond acceptors (Lipinski definition) is 8. The molecule has 8 nitrogen and oxygen atoms in total. The van der Waals surface area contributed by atoms with E-state index in [1.165, 1.54) is 0 Å². The fraction of sp³-hybridized carbons (Fsp3) is 0.769. The first kappa shape index (κ1) is 24.7. The van der Waals surface area contributed by atoms with Gasteiger partial charge >= 0.3 is 23.9 Å². The van der Waals surface area contributed by atoms with Crippen molar-refractivity contribution in [3.63, 3.8) is 0 Å². The lowest BCUT2D eigenvalue weighted by Crippen LogP contribution is -2.45. The van der Waals surface area contributed by atoms with Crippen molar-refractivity contribution in [3.8, 4) is 0 Å². The maximum Gasteiger partial charge on any atom is 0.344 e. The molecule has 4 bridgehead atoms. The van der Waals surface area contributed by atoms with Gasteiger partial charge in [0.15, 0.2) is 13.2 Å². The van der Waals surface area contributed by atoms with E-state index in [0.717, 1.165) is 38.5 Å². The number of hydrogen-bond donors (Lipinski definition) is 0. The molecule has 0 saturated heterocycles. The number of carbonyl (C=O) groups excluding carboxylic acids is 4. The van der Waals surface area contributed by atoms with E-state index in [1.807, 2.05) is 13.8 Å². The van der Waals surface area contributed by atoms with Gasteiger partial charge in [-0.2, -0.15) is 0 Å². The molecule has 0 heterocycles. The Hall–Kier alpha value is -2.38. The van der Waals surface area contributed by atoms with Gasteiger partial charge in [0.2, 0.25) is 0 Å². The summed E-state index contributed by atoms with van der Waals surface area (Å²) in [5.74, 6) is -1.95. The molecule has 4 aliphatic rings. The summed E-state index contributed by atoms with van der Waals surface area (Å²) in [6, 6.07) is 0. The first-order chi connectivity index (χ1) is 16.5. The van der Waals surface area contributed by atoms with Crippen LogP contribution in [0.5, 0.6) is 0 Å². The smallest absolute Gasteiger partial charge is 0.344 e. The van der Waals surface area contributed by atoms with E-state index in [1.54, 1.807) is 0 Å². The topological polar surface area (TPSA) is 105 Å². The lowest BCUT2D eigenvalue weighted by molar-refractivity contribution is -0.173. The molecule has 0 aliphatic heterocycles. The van der Waals surface area contributed by atoms with Crippen LogP contribution in [0.15, 0.2) is 12.2 Å². The zero-order chi connectivity index (χ0) is 24.2. The lowest BCUT2D eigenvalue weighted by Gasteiger charge is -2.39. The van der Waals surface area contributed by atoms with E-state index >= 15 is 0 Å². The Bertz CT molecular complexity index is 756. The minimum atomic E-state index is -0.661. The monoisotopic (exact) mass is 476 g/mol. The molecule has 0 aromatic carbocycles. The van der Waals surface area contributed by atoms with E-state index in [0.29, 0.717) is 36.9 Å². The van der Waals surface area contributed by atoms with Crippen LogP contribution in [0, 0.1) is 47.3 Å². The van der Waals surface area contributed by atoms with E-state index in [2.05, 4.69) is 12.2 Å². The van der Waals surface area contributed by atoms with Gasteiger partial charge in [-0.3, -0.25) is 9.59 Å². The van der Waals surface area contributed by atoms with Crippen molar-refractivity contribution < 1.29 is 38.1 Å². The van der Waals surface area contributed by atoms with Gasteiger partial charge in [-0.25, -0.2) is 9.59 Å². The van der Waals surface area contributed by atoms with Gasteiger partial charge in [-0.05, 0) is 61.2 Å². The van der Waals surface area contributed by atoms with Gasteiger partial charge in [0.25, 0.3) is 0 Å². The third kappa shape index (κ3) is 4.86. The van der Waals surface area contributed by atoms with Crippen molar-refractivity contribution in [1.29, 1.82) is 0 Å². The summed E-state index contributed by atoms with van der Waals surface area (Å²) in [4.78, 5) is 50.2. The summed E-state index contributed by atoms with van der Waals surface area (Å²) in [6.07, 6.45) is 9.63. The lowest BCUT2D eigenvalue weighted by atomic mass is 9.65. The highest BCUT2D eigenvalue weighted by Gasteiger charge is 2.68. The van der Waals surface area contributed by atoms with Gasteiger partial charge in [0.1, 0.15) is 0 Å². The summed E-state index contributed by atoms with van der Waals surface area (Å²) < 4.78 is 20.8. The number of rotatable bonds is 12. The Kier molecular flexibility index (Phi) is 7.94. The van der Waals surface area contributed by atoms with Crippen molar-refractivity contribution in [2.24, 2.45) is 47.3 Å². The molecule has 188 valence electrons. The van der Waals surface area contributed by atoms with Crippen molar-refractivity contribution >= 4 is 23.9 Å². The van der Waals surface area contributed by atoms with E-state index in [9.17, 15) is 19.2 Å². The van der Waals surface area contributed by atoms with Crippen LogP contribution in [-0.2, 0) is 38.1 Å². The second kappa shape index (κ2) is 10.9. The average molecular weight is 477 g/mol. The first-order valence-corrected chi connectivity index (χ1v) is 12.8. The molecule has 8 heteroatoms. The fourth-order valence-electron chi connectivity index (χ4n) is 6.88. The number of fused-ring (bicyclic) bond motifs is 9. The SMILES string of the molecule is CCCCOC(=O)COC(=O)C1C2CC(C1C(=O)OCC(=O)OCCCC)C1C3C=CC(C3)C21. The number of carbonyl (C=O) groups is 4. The predicted octanol–water partition coefficient (Wildman–Crippen LogP) is 3.08. The summed E-state index contributed by atoms with van der Waals surface area (Å²) in [5, 5.41) is 0. The summed E-state index contributed by atoms with van der Waals surface area (Å²) in [7, 11) is 0. The molecule has 0 spiro atoms. The summed E-state index contributed by atoms with van der Waals surface area (Å²) in [5.41, 5.74) is 0. The Balaban J connectivity index is 1.40. The zero-order valence-corrected chi connectivity index (χ0v) is 20.1. The predicted molar refractivity (Wildman–Crippen MR) is 120 cm³/mol. The van der Waals surface area contributed by atoms with Crippen LogP contribution in [0.2, 0.25) is 0 Å². The van der Waals surface area contributed by atoms with Crippen LogP contribution in [-0.4, -0.2) is 50.3 Å². The molecular weight excluding hydrogens is 440 g/mol. The molecule has 0 aromatic rings. The van der Waals surface area contributed by atoms with Crippen LogP contribution >= 0.6 is 0 Å². The molecular formula is C26H36O8. The van der Waals surface area contributed by atoms with Crippen LogP contribution in [0.4, 0.5) is 0 Å². The van der Waals surface area contributed by atoms with E-state index < -0.39 is 48.9 Å². The number of esters is 4. The van der Waals surface area contributed by atoms with Crippen molar-refractivity contribution in [1.82, 2.24) is 0 Å². The van der Waals surface area contributed by atoms with Gasteiger partial charge in [0.05, 0.1) is 25.0 Å². The standard InChI is InChI=1S/C26H36O8/c1-3-5-9-31-19(27)13-33-25(29)23-17-12-18(22-16-8-7-15(11-16)21(17)22)24(23)26(30)34-14-20(28)32-10-6-4-2/h7-8,15-18,21-24H,3-6,9-14H2,1-2H3.